The molecule has 1 aliphatic heterocycles. The van der Waals surface area contributed by atoms with E-state index in [9.17, 15) is 4.79 Å². The van der Waals surface area contributed by atoms with Crippen molar-refractivity contribution >= 4 is 59.0 Å². The third-order valence-corrected chi connectivity index (χ3v) is 5.62. The molecule has 2 aromatic carbocycles. The van der Waals surface area contributed by atoms with Crippen LogP contribution in [0.25, 0.3) is 0 Å². The van der Waals surface area contributed by atoms with Crippen LogP contribution in [-0.2, 0) is 9.53 Å². The lowest BCUT2D eigenvalue weighted by Crippen LogP contribution is -2.44. The Hall–Kier alpha value is -1.55. The van der Waals surface area contributed by atoms with Crippen LogP contribution in [0.4, 0.5) is 0 Å². The maximum Gasteiger partial charge on any atom is 0.232 e. The zero-order valence-electron chi connectivity index (χ0n) is 17.3. The van der Waals surface area contributed by atoms with Crippen LogP contribution in [-0.4, -0.2) is 49.6 Å². The number of ether oxygens (including phenoxy) is 1. The zero-order valence-corrected chi connectivity index (χ0v) is 21.1. The quantitative estimate of drug-likeness (QED) is 0.307. The first-order chi connectivity index (χ1) is 14.5. The number of carbonyl (C=O) groups excluding carboxylic acids is 1. The molecular weight excluding hydrogens is 550 g/mol. The Labute approximate surface area is 210 Å². The molecule has 31 heavy (non-hydrogen) atoms. The van der Waals surface area contributed by atoms with E-state index in [4.69, 9.17) is 33.7 Å². The summed E-state index contributed by atoms with van der Waals surface area (Å²) in [6.07, 6.45) is 0. The molecule has 1 fully saturated rings. The van der Waals surface area contributed by atoms with Crippen molar-refractivity contribution in [1.29, 1.82) is 0 Å². The molecule has 3 rings (SSSR count). The van der Waals surface area contributed by atoms with Gasteiger partial charge in [0, 0.05) is 23.1 Å². The predicted octanol–water partition coefficient (Wildman–Crippen LogP) is 4.22. The molecular formula is C22H27Cl2IN4O2. The van der Waals surface area contributed by atoms with Gasteiger partial charge in [0.25, 0.3) is 0 Å². The number of aliphatic imine (C=N–C) groups is 1. The van der Waals surface area contributed by atoms with Gasteiger partial charge in [0.05, 0.1) is 31.7 Å². The summed E-state index contributed by atoms with van der Waals surface area (Å²) in [7, 11) is 0. The second kappa shape index (κ2) is 12.5. The fourth-order valence-electron chi connectivity index (χ4n) is 3.40. The van der Waals surface area contributed by atoms with Crippen LogP contribution < -0.4 is 11.1 Å². The Morgan fingerprint density at radius 3 is 2.52 bits per heavy atom. The van der Waals surface area contributed by atoms with Gasteiger partial charge >= 0.3 is 0 Å². The number of nitrogens with zero attached hydrogens (tertiary/aromatic N) is 2. The molecule has 2 aromatic rings. The summed E-state index contributed by atoms with van der Waals surface area (Å²) in [4.78, 5) is 19.4. The van der Waals surface area contributed by atoms with Crippen LogP contribution in [0.1, 0.15) is 30.0 Å². The first kappa shape index (κ1) is 25.7. The molecule has 2 unspecified atom stereocenters. The summed E-state index contributed by atoms with van der Waals surface area (Å²) in [5.41, 5.74) is 7.90. The van der Waals surface area contributed by atoms with Crippen molar-refractivity contribution in [2.75, 3.05) is 32.8 Å². The molecule has 0 bridgehead atoms. The molecule has 0 radical (unpaired) electrons. The van der Waals surface area contributed by atoms with Crippen molar-refractivity contribution in [1.82, 2.24) is 10.2 Å². The lowest BCUT2D eigenvalue weighted by molar-refractivity contribution is -0.136. The number of halogens is 3. The van der Waals surface area contributed by atoms with Crippen LogP contribution >= 0.6 is 47.2 Å². The van der Waals surface area contributed by atoms with Gasteiger partial charge in [-0.05, 0) is 30.2 Å². The van der Waals surface area contributed by atoms with Gasteiger partial charge in [-0.15, -0.1) is 24.0 Å². The van der Waals surface area contributed by atoms with E-state index in [0.717, 1.165) is 11.1 Å². The molecule has 9 heteroatoms. The molecule has 0 saturated carbocycles. The lowest BCUT2D eigenvalue weighted by Gasteiger charge is -2.30. The molecule has 6 nitrogen and oxygen atoms in total. The van der Waals surface area contributed by atoms with Gasteiger partial charge in [-0.1, -0.05) is 59.6 Å². The number of amides is 1. The van der Waals surface area contributed by atoms with Crippen molar-refractivity contribution in [3.05, 3.63) is 69.7 Å². The maximum absolute atomic E-state index is 13.1. The van der Waals surface area contributed by atoms with E-state index < -0.39 is 5.92 Å². The molecule has 3 N–H and O–H groups in total. The highest BCUT2D eigenvalue weighted by atomic mass is 127. The van der Waals surface area contributed by atoms with Crippen LogP contribution in [0.2, 0.25) is 10.0 Å². The maximum atomic E-state index is 13.1. The molecule has 168 valence electrons. The normalized spacial score (nSPS) is 16.2. The lowest BCUT2D eigenvalue weighted by atomic mass is 9.97. The summed E-state index contributed by atoms with van der Waals surface area (Å²) in [5.74, 6) is -0.113. The van der Waals surface area contributed by atoms with Gasteiger partial charge in [0.1, 0.15) is 0 Å². The van der Waals surface area contributed by atoms with E-state index in [1.165, 1.54) is 0 Å². The van der Waals surface area contributed by atoms with Crippen LogP contribution in [0.3, 0.4) is 0 Å². The molecule has 1 saturated heterocycles. The van der Waals surface area contributed by atoms with E-state index in [1.54, 1.807) is 12.1 Å². The topological polar surface area (TPSA) is 79.9 Å². The number of rotatable bonds is 6. The number of guanidine groups is 1. The van der Waals surface area contributed by atoms with Crippen molar-refractivity contribution < 1.29 is 9.53 Å². The van der Waals surface area contributed by atoms with Crippen molar-refractivity contribution in [3.63, 3.8) is 0 Å². The standard InChI is InChI=1S/C22H26Cl2N4O2.HI/c1-15(18-8-7-17(23)13-20(18)24)27-22(25)26-14-19(16-5-3-2-4-6-16)21(29)28-9-11-30-12-10-28;/h2-8,13,15,19H,9-12,14H2,1H3,(H3,25,26,27);1H. The van der Waals surface area contributed by atoms with E-state index in [2.05, 4.69) is 10.3 Å². The number of nitrogens with one attached hydrogen (secondary N) is 1. The average molecular weight is 577 g/mol. The Balaban J connectivity index is 0.00000341. The molecule has 1 amide bonds. The number of morpholine rings is 1. The van der Waals surface area contributed by atoms with Gasteiger partial charge < -0.3 is 20.7 Å². The second-order valence-electron chi connectivity index (χ2n) is 7.16. The summed E-state index contributed by atoms with van der Waals surface area (Å²) in [6.45, 7) is 4.47. The minimum Gasteiger partial charge on any atom is -0.378 e. The minimum atomic E-state index is -0.404. The molecule has 2 atom stereocenters. The monoisotopic (exact) mass is 576 g/mol. The van der Waals surface area contributed by atoms with Crippen molar-refractivity contribution in [3.8, 4) is 0 Å². The van der Waals surface area contributed by atoms with Crippen molar-refractivity contribution in [2.45, 2.75) is 18.9 Å². The Morgan fingerprint density at radius 2 is 1.87 bits per heavy atom. The van der Waals surface area contributed by atoms with Crippen LogP contribution in [0.5, 0.6) is 0 Å². The summed E-state index contributed by atoms with van der Waals surface area (Å²) < 4.78 is 5.37. The molecule has 0 spiro atoms. The van der Waals surface area contributed by atoms with Gasteiger partial charge in [-0.3, -0.25) is 9.79 Å². The summed E-state index contributed by atoms with van der Waals surface area (Å²) in [6, 6.07) is 14.8. The number of carbonyl (C=O) groups is 1. The minimum absolute atomic E-state index is 0. The third-order valence-electron chi connectivity index (χ3n) is 5.06. The second-order valence-corrected chi connectivity index (χ2v) is 8.00. The van der Waals surface area contributed by atoms with E-state index in [1.807, 2.05) is 48.2 Å². The number of nitrogens with two attached hydrogens (primary N) is 1. The van der Waals surface area contributed by atoms with Gasteiger partial charge in [-0.25, -0.2) is 0 Å². The van der Waals surface area contributed by atoms with Crippen LogP contribution in [0.15, 0.2) is 53.5 Å². The highest BCUT2D eigenvalue weighted by molar-refractivity contribution is 14.0. The smallest absolute Gasteiger partial charge is 0.232 e. The SMILES string of the molecule is CC(NC(N)=NCC(C(=O)N1CCOCC1)c1ccccc1)c1ccc(Cl)cc1Cl.I. The van der Waals surface area contributed by atoms with Gasteiger partial charge in [-0.2, -0.15) is 0 Å². The Morgan fingerprint density at radius 1 is 1.19 bits per heavy atom. The molecule has 1 aliphatic rings. The van der Waals surface area contributed by atoms with Gasteiger partial charge in [0.15, 0.2) is 5.96 Å². The Bertz CT molecular complexity index is 892. The summed E-state index contributed by atoms with van der Waals surface area (Å²) >= 11 is 12.2. The van der Waals surface area contributed by atoms with E-state index >= 15 is 0 Å². The first-order valence-corrected chi connectivity index (χ1v) is 10.6. The van der Waals surface area contributed by atoms with Crippen LogP contribution in [0, 0.1) is 0 Å². The van der Waals surface area contributed by atoms with Crippen molar-refractivity contribution in [2.24, 2.45) is 10.7 Å². The highest BCUT2D eigenvalue weighted by Gasteiger charge is 2.27. The fraction of sp³-hybridized carbons (Fsp3) is 0.364. The fourth-order valence-corrected chi connectivity index (χ4v) is 3.98. The molecule has 0 aromatic heterocycles. The molecule has 0 aliphatic carbocycles. The first-order valence-electron chi connectivity index (χ1n) is 9.88. The summed E-state index contributed by atoms with van der Waals surface area (Å²) in [5, 5.41) is 4.27. The number of hydrogen-bond donors (Lipinski definition) is 2. The zero-order chi connectivity index (χ0) is 21.5. The third kappa shape index (κ3) is 7.24. The van der Waals surface area contributed by atoms with Gasteiger partial charge in [0.2, 0.25) is 5.91 Å². The predicted molar refractivity (Wildman–Crippen MR) is 136 cm³/mol. The largest absolute Gasteiger partial charge is 0.378 e. The average Bonchev–Trinajstić information content (AvgIpc) is 2.75. The Kier molecular flexibility index (Phi) is 10.3. The molecule has 1 heterocycles. The van der Waals surface area contributed by atoms with E-state index in [-0.39, 0.29) is 48.4 Å². The highest BCUT2D eigenvalue weighted by Crippen LogP contribution is 2.26. The number of hydrogen-bond acceptors (Lipinski definition) is 3. The number of benzene rings is 2. The van der Waals surface area contributed by atoms with E-state index in [0.29, 0.717) is 36.3 Å².